The third-order valence-corrected chi connectivity index (χ3v) is 3.26. The van der Waals surface area contributed by atoms with Crippen LogP contribution in [0.3, 0.4) is 0 Å². The number of nitrogens with two attached hydrogens (primary N) is 1. The molecule has 0 aliphatic carbocycles. The van der Waals surface area contributed by atoms with E-state index >= 15 is 0 Å². The van der Waals surface area contributed by atoms with Gasteiger partial charge in [-0.25, -0.2) is 0 Å². The zero-order valence-electron chi connectivity index (χ0n) is 9.60. The first-order valence-electron chi connectivity index (χ1n) is 5.64. The third kappa shape index (κ3) is 1.81. The van der Waals surface area contributed by atoms with Gasteiger partial charge in [-0.3, -0.25) is 4.98 Å². The number of benzene rings is 2. The molecule has 1 aromatic heterocycles. The summed E-state index contributed by atoms with van der Waals surface area (Å²) in [6.45, 7) is 0. The molecule has 0 fully saturated rings. The molecule has 0 amide bonds. The van der Waals surface area contributed by atoms with Gasteiger partial charge in [-0.05, 0) is 35.4 Å². The third-order valence-electron chi connectivity index (χ3n) is 3.01. The standard InChI is InChI=1S/C15H11ClN2/c16-11-3-1-10(2-4-11)12-5-6-15(17)13-7-8-18-9-14(12)13/h1-9H,17H2. The van der Waals surface area contributed by atoms with Gasteiger partial charge in [0, 0.05) is 33.9 Å². The van der Waals surface area contributed by atoms with Gasteiger partial charge >= 0.3 is 0 Å². The first kappa shape index (κ1) is 11.1. The zero-order valence-corrected chi connectivity index (χ0v) is 10.4. The molecular formula is C15H11ClN2. The topological polar surface area (TPSA) is 38.9 Å². The van der Waals surface area contributed by atoms with Crippen molar-refractivity contribution in [2.75, 3.05) is 5.73 Å². The second-order valence-electron chi connectivity index (χ2n) is 4.13. The molecule has 3 heteroatoms. The van der Waals surface area contributed by atoms with E-state index in [1.54, 1.807) is 6.20 Å². The lowest BCUT2D eigenvalue weighted by atomic mass is 9.99. The SMILES string of the molecule is Nc1ccc(-c2ccc(Cl)cc2)c2cnccc12. The maximum absolute atomic E-state index is 5.98. The molecule has 0 saturated carbocycles. The lowest BCUT2D eigenvalue weighted by molar-refractivity contribution is 1.36. The minimum absolute atomic E-state index is 0.733. The second kappa shape index (κ2) is 4.31. The lowest BCUT2D eigenvalue weighted by Gasteiger charge is -2.08. The van der Waals surface area contributed by atoms with Crippen LogP contribution in [0, 0.1) is 0 Å². The van der Waals surface area contributed by atoms with Crippen LogP contribution in [0.2, 0.25) is 5.02 Å². The van der Waals surface area contributed by atoms with Crippen LogP contribution in [-0.4, -0.2) is 4.98 Å². The number of fused-ring (bicyclic) bond motifs is 1. The minimum Gasteiger partial charge on any atom is -0.398 e. The van der Waals surface area contributed by atoms with Crippen molar-refractivity contribution in [2.45, 2.75) is 0 Å². The van der Waals surface area contributed by atoms with E-state index in [-0.39, 0.29) is 0 Å². The van der Waals surface area contributed by atoms with Gasteiger partial charge in [-0.15, -0.1) is 0 Å². The number of hydrogen-bond acceptors (Lipinski definition) is 2. The van der Waals surface area contributed by atoms with Gasteiger partial charge in [-0.1, -0.05) is 29.8 Å². The Kier molecular flexibility index (Phi) is 2.65. The van der Waals surface area contributed by atoms with Crippen molar-refractivity contribution < 1.29 is 0 Å². The largest absolute Gasteiger partial charge is 0.398 e. The Bertz CT molecular complexity index is 705. The van der Waals surface area contributed by atoms with Crippen LogP contribution < -0.4 is 5.73 Å². The summed E-state index contributed by atoms with van der Waals surface area (Å²) in [5.41, 5.74) is 8.97. The van der Waals surface area contributed by atoms with Gasteiger partial charge in [0.15, 0.2) is 0 Å². The summed E-state index contributed by atoms with van der Waals surface area (Å²) < 4.78 is 0. The summed E-state index contributed by atoms with van der Waals surface area (Å²) in [6, 6.07) is 13.6. The Morgan fingerprint density at radius 3 is 2.44 bits per heavy atom. The fraction of sp³-hybridized carbons (Fsp3) is 0. The molecule has 1 heterocycles. The Hall–Kier alpha value is -2.06. The fourth-order valence-electron chi connectivity index (χ4n) is 2.09. The molecule has 3 aromatic rings. The Labute approximate surface area is 110 Å². The molecular weight excluding hydrogens is 244 g/mol. The van der Waals surface area contributed by atoms with Gasteiger partial charge < -0.3 is 5.73 Å². The molecule has 0 aliphatic heterocycles. The molecule has 0 spiro atoms. The predicted octanol–water partition coefficient (Wildman–Crippen LogP) is 4.14. The second-order valence-corrected chi connectivity index (χ2v) is 4.57. The maximum Gasteiger partial charge on any atom is 0.0406 e. The molecule has 2 nitrogen and oxygen atoms in total. The van der Waals surface area contributed by atoms with Crippen LogP contribution >= 0.6 is 11.6 Å². The van der Waals surface area contributed by atoms with E-state index in [4.69, 9.17) is 17.3 Å². The van der Waals surface area contributed by atoms with Gasteiger partial charge in [0.25, 0.3) is 0 Å². The lowest BCUT2D eigenvalue weighted by Crippen LogP contribution is -1.89. The number of halogens is 1. The minimum atomic E-state index is 0.733. The number of rotatable bonds is 1. The quantitative estimate of drug-likeness (QED) is 0.663. The fourth-order valence-corrected chi connectivity index (χ4v) is 2.22. The predicted molar refractivity (Wildman–Crippen MR) is 76.6 cm³/mol. The van der Waals surface area contributed by atoms with Crippen LogP contribution in [0.5, 0.6) is 0 Å². The van der Waals surface area contributed by atoms with Crippen molar-refractivity contribution in [1.82, 2.24) is 4.98 Å². The normalized spacial score (nSPS) is 10.7. The van der Waals surface area contributed by atoms with Crippen molar-refractivity contribution in [2.24, 2.45) is 0 Å². The summed E-state index contributed by atoms with van der Waals surface area (Å²) in [5.74, 6) is 0. The number of anilines is 1. The molecule has 3 rings (SSSR count). The van der Waals surface area contributed by atoms with E-state index in [9.17, 15) is 0 Å². The number of aromatic nitrogens is 1. The molecule has 18 heavy (non-hydrogen) atoms. The van der Waals surface area contributed by atoms with E-state index in [0.29, 0.717) is 0 Å². The molecule has 88 valence electrons. The van der Waals surface area contributed by atoms with Crippen LogP contribution in [0.1, 0.15) is 0 Å². The average Bonchev–Trinajstić information content (AvgIpc) is 2.41. The van der Waals surface area contributed by atoms with Crippen molar-refractivity contribution >= 4 is 28.1 Å². The summed E-state index contributed by atoms with van der Waals surface area (Å²) >= 11 is 5.91. The number of nitrogen functional groups attached to an aromatic ring is 1. The summed E-state index contributed by atoms with van der Waals surface area (Å²) in [5, 5.41) is 2.81. The average molecular weight is 255 g/mol. The van der Waals surface area contributed by atoms with Crippen LogP contribution in [0.25, 0.3) is 21.9 Å². The first-order chi connectivity index (χ1) is 8.75. The van der Waals surface area contributed by atoms with Crippen molar-refractivity contribution in [1.29, 1.82) is 0 Å². The number of hydrogen-bond donors (Lipinski definition) is 1. The highest BCUT2D eigenvalue weighted by Crippen LogP contribution is 2.31. The van der Waals surface area contributed by atoms with E-state index in [2.05, 4.69) is 4.98 Å². The van der Waals surface area contributed by atoms with Gasteiger partial charge in [-0.2, -0.15) is 0 Å². The molecule has 0 unspecified atom stereocenters. The van der Waals surface area contributed by atoms with Crippen molar-refractivity contribution in [3.8, 4) is 11.1 Å². The smallest absolute Gasteiger partial charge is 0.0406 e. The van der Waals surface area contributed by atoms with Gasteiger partial charge in [0.05, 0.1) is 0 Å². The molecule has 0 radical (unpaired) electrons. The highest BCUT2D eigenvalue weighted by atomic mass is 35.5. The Balaban J connectivity index is 2.30. The molecule has 0 bridgehead atoms. The van der Waals surface area contributed by atoms with Crippen molar-refractivity contribution in [3.63, 3.8) is 0 Å². The highest BCUT2D eigenvalue weighted by Gasteiger charge is 2.06. The van der Waals surface area contributed by atoms with Crippen molar-refractivity contribution in [3.05, 3.63) is 59.9 Å². The Morgan fingerprint density at radius 1 is 0.889 bits per heavy atom. The van der Waals surface area contributed by atoms with E-state index in [1.165, 1.54) is 0 Å². The number of pyridine rings is 1. The van der Waals surface area contributed by atoms with E-state index < -0.39 is 0 Å². The van der Waals surface area contributed by atoms with Crippen LogP contribution in [0.15, 0.2) is 54.9 Å². The number of nitrogens with zero attached hydrogens (tertiary/aromatic N) is 1. The molecule has 0 atom stereocenters. The molecule has 0 saturated heterocycles. The van der Waals surface area contributed by atoms with Gasteiger partial charge in [0.1, 0.15) is 0 Å². The zero-order chi connectivity index (χ0) is 12.5. The molecule has 0 aliphatic rings. The summed E-state index contributed by atoms with van der Waals surface area (Å²) in [6.07, 6.45) is 3.60. The summed E-state index contributed by atoms with van der Waals surface area (Å²) in [7, 11) is 0. The van der Waals surface area contributed by atoms with Gasteiger partial charge in [0.2, 0.25) is 0 Å². The maximum atomic E-state index is 5.98. The van der Waals surface area contributed by atoms with E-state index in [0.717, 1.165) is 32.6 Å². The van der Waals surface area contributed by atoms with Crippen LogP contribution in [0.4, 0.5) is 5.69 Å². The van der Waals surface area contributed by atoms with E-state index in [1.807, 2.05) is 48.7 Å². The van der Waals surface area contributed by atoms with Crippen LogP contribution in [-0.2, 0) is 0 Å². The molecule has 2 aromatic carbocycles. The molecule has 2 N–H and O–H groups in total. The highest BCUT2D eigenvalue weighted by molar-refractivity contribution is 6.30. The Morgan fingerprint density at radius 2 is 1.67 bits per heavy atom. The first-order valence-corrected chi connectivity index (χ1v) is 6.01. The monoisotopic (exact) mass is 254 g/mol. The summed E-state index contributed by atoms with van der Waals surface area (Å²) in [4.78, 5) is 4.18.